The van der Waals surface area contributed by atoms with E-state index in [9.17, 15) is 0 Å². The van der Waals surface area contributed by atoms with Gasteiger partial charge in [0.2, 0.25) is 0 Å². The van der Waals surface area contributed by atoms with Crippen molar-refractivity contribution in [2.45, 2.75) is 13.1 Å². The van der Waals surface area contributed by atoms with Crippen LogP contribution in [0.2, 0.25) is 0 Å². The van der Waals surface area contributed by atoms with Gasteiger partial charge in [0, 0.05) is 52.0 Å². The number of nitrogens with one attached hydrogen (secondary N) is 1. The van der Waals surface area contributed by atoms with Crippen LogP contribution in [0.25, 0.3) is 0 Å². The molecule has 1 aliphatic rings. The van der Waals surface area contributed by atoms with Gasteiger partial charge in [-0.3, -0.25) is 4.90 Å². The van der Waals surface area contributed by atoms with E-state index in [1.54, 1.807) is 0 Å². The van der Waals surface area contributed by atoms with E-state index >= 15 is 0 Å². The Kier molecular flexibility index (Phi) is 4.53. The molecule has 1 aliphatic heterocycles. The monoisotopic (exact) mass is 237 g/mol. The average molecular weight is 237 g/mol. The summed E-state index contributed by atoms with van der Waals surface area (Å²) in [6.45, 7) is 7.78. The maximum atomic E-state index is 4.36. The number of hydrogen-bond donors (Lipinski definition) is 1. The second kappa shape index (κ2) is 6.14. The number of likely N-dealkylation sites (N-methyl/N-ethyl adjacent to an activating group) is 1. The predicted octanol–water partition coefficient (Wildman–Crippen LogP) is -0.150. The molecule has 0 unspecified atom stereocenters. The van der Waals surface area contributed by atoms with E-state index in [1.165, 1.54) is 26.2 Å². The minimum absolute atomic E-state index is 0.849. The van der Waals surface area contributed by atoms with Crippen molar-refractivity contribution in [1.29, 1.82) is 0 Å². The first kappa shape index (κ1) is 12.5. The molecular weight excluding hydrogens is 214 g/mol. The molecule has 96 valence electrons. The highest BCUT2D eigenvalue weighted by Crippen LogP contribution is 2.01. The number of rotatable bonds is 5. The molecule has 5 heteroatoms. The Morgan fingerprint density at radius 1 is 1.24 bits per heavy atom. The van der Waals surface area contributed by atoms with Crippen molar-refractivity contribution in [2.24, 2.45) is 0 Å². The lowest BCUT2D eigenvalue weighted by molar-refractivity contribution is 0.150. The van der Waals surface area contributed by atoms with Crippen molar-refractivity contribution in [3.05, 3.63) is 18.2 Å². The van der Waals surface area contributed by atoms with Crippen LogP contribution in [0.5, 0.6) is 0 Å². The maximum absolute atomic E-state index is 4.36. The van der Waals surface area contributed by atoms with Crippen LogP contribution in [0, 0.1) is 0 Å². The number of aromatic nitrogens is 2. The molecule has 0 atom stereocenters. The van der Waals surface area contributed by atoms with E-state index in [2.05, 4.69) is 37.9 Å². The zero-order chi connectivity index (χ0) is 12.1. The Hall–Kier alpha value is -0.910. The van der Waals surface area contributed by atoms with Gasteiger partial charge in [0.1, 0.15) is 0 Å². The molecule has 1 N–H and O–H groups in total. The first-order valence-corrected chi connectivity index (χ1v) is 6.34. The standard InChI is InChI=1S/C12H23N5/c1-13-9-12-10-17(11-14-12)8-7-16-5-3-15(2)4-6-16/h10-11,13H,3-9H2,1-2H3. The number of nitrogens with zero attached hydrogens (tertiary/aromatic N) is 4. The van der Waals surface area contributed by atoms with Gasteiger partial charge in [-0.05, 0) is 14.1 Å². The molecule has 0 aliphatic carbocycles. The fraction of sp³-hybridized carbons (Fsp3) is 0.750. The molecule has 2 heterocycles. The lowest BCUT2D eigenvalue weighted by Gasteiger charge is -2.32. The Labute approximate surface area is 103 Å². The van der Waals surface area contributed by atoms with Gasteiger partial charge in [-0.2, -0.15) is 0 Å². The summed E-state index contributed by atoms with van der Waals surface area (Å²) in [6.07, 6.45) is 4.06. The van der Waals surface area contributed by atoms with E-state index in [4.69, 9.17) is 0 Å². The summed E-state index contributed by atoms with van der Waals surface area (Å²) in [5.74, 6) is 0. The molecule has 0 bridgehead atoms. The largest absolute Gasteiger partial charge is 0.336 e. The molecule has 5 nitrogen and oxygen atoms in total. The molecule has 1 fully saturated rings. The van der Waals surface area contributed by atoms with Gasteiger partial charge in [0.05, 0.1) is 12.0 Å². The Morgan fingerprint density at radius 2 is 2.00 bits per heavy atom. The molecular formula is C12H23N5. The summed E-state index contributed by atoms with van der Waals surface area (Å²) < 4.78 is 2.19. The lowest BCUT2D eigenvalue weighted by atomic mass is 10.3. The summed E-state index contributed by atoms with van der Waals surface area (Å²) in [4.78, 5) is 9.27. The van der Waals surface area contributed by atoms with E-state index in [0.717, 1.165) is 25.3 Å². The predicted molar refractivity (Wildman–Crippen MR) is 68.9 cm³/mol. The quantitative estimate of drug-likeness (QED) is 0.773. The summed E-state index contributed by atoms with van der Waals surface area (Å²) in [7, 11) is 4.14. The van der Waals surface area contributed by atoms with Crippen molar-refractivity contribution in [3.8, 4) is 0 Å². The van der Waals surface area contributed by atoms with Gasteiger partial charge in [-0.1, -0.05) is 0 Å². The van der Waals surface area contributed by atoms with Crippen molar-refractivity contribution in [3.63, 3.8) is 0 Å². The van der Waals surface area contributed by atoms with Crippen molar-refractivity contribution < 1.29 is 0 Å². The summed E-state index contributed by atoms with van der Waals surface area (Å²) >= 11 is 0. The first-order valence-electron chi connectivity index (χ1n) is 6.34. The fourth-order valence-electron chi connectivity index (χ4n) is 2.13. The van der Waals surface area contributed by atoms with Crippen LogP contribution in [0.4, 0.5) is 0 Å². The number of imidazole rings is 1. The molecule has 1 aromatic rings. The van der Waals surface area contributed by atoms with Crippen molar-refractivity contribution in [2.75, 3.05) is 46.8 Å². The highest BCUT2D eigenvalue weighted by atomic mass is 15.3. The summed E-state index contributed by atoms with van der Waals surface area (Å²) in [6, 6.07) is 0. The first-order chi connectivity index (χ1) is 8.28. The third kappa shape index (κ3) is 3.80. The molecule has 1 aromatic heterocycles. The van der Waals surface area contributed by atoms with Crippen LogP contribution < -0.4 is 5.32 Å². The highest BCUT2D eigenvalue weighted by Gasteiger charge is 2.13. The Balaban J connectivity index is 1.73. The third-order valence-corrected chi connectivity index (χ3v) is 3.31. The minimum atomic E-state index is 0.849. The van der Waals surface area contributed by atoms with Gasteiger partial charge in [0.25, 0.3) is 0 Å². The van der Waals surface area contributed by atoms with E-state index in [0.29, 0.717) is 0 Å². The molecule has 0 radical (unpaired) electrons. The summed E-state index contributed by atoms with van der Waals surface area (Å²) in [5.41, 5.74) is 1.12. The van der Waals surface area contributed by atoms with Crippen LogP contribution >= 0.6 is 0 Å². The smallest absolute Gasteiger partial charge is 0.0950 e. The van der Waals surface area contributed by atoms with E-state index in [1.807, 2.05) is 13.4 Å². The van der Waals surface area contributed by atoms with Crippen LogP contribution in [0.3, 0.4) is 0 Å². The van der Waals surface area contributed by atoms with Crippen molar-refractivity contribution >= 4 is 0 Å². The molecule has 0 aromatic carbocycles. The van der Waals surface area contributed by atoms with Gasteiger partial charge < -0.3 is 14.8 Å². The van der Waals surface area contributed by atoms with Gasteiger partial charge >= 0.3 is 0 Å². The maximum Gasteiger partial charge on any atom is 0.0950 e. The number of piperazine rings is 1. The van der Waals surface area contributed by atoms with Gasteiger partial charge in [-0.15, -0.1) is 0 Å². The molecule has 0 saturated carbocycles. The van der Waals surface area contributed by atoms with Crippen LogP contribution in [0.1, 0.15) is 5.69 Å². The third-order valence-electron chi connectivity index (χ3n) is 3.31. The molecule has 0 amide bonds. The molecule has 1 saturated heterocycles. The normalized spacial score (nSPS) is 18.7. The van der Waals surface area contributed by atoms with Crippen molar-refractivity contribution in [1.82, 2.24) is 24.7 Å². The zero-order valence-electron chi connectivity index (χ0n) is 10.9. The lowest BCUT2D eigenvalue weighted by Crippen LogP contribution is -2.45. The average Bonchev–Trinajstić information content (AvgIpc) is 2.77. The SMILES string of the molecule is CNCc1cn(CCN2CCN(C)CC2)cn1. The fourth-order valence-corrected chi connectivity index (χ4v) is 2.13. The molecule has 2 rings (SSSR count). The Morgan fingerprint density at radius 3 is 2.71 bits per heavy atom. The van der Waals surface area contributed by atoms with Gasteiger partial charge in [0.15, 0.2) is 0 Å². The van der Waals surface area contributed by atoms with Crippen LogP contribution in [-0.4, -0.2) is 66.2 Å². The molecule has 0 spiro atoms. The topological polar surface area (TPSA) is 36.3 Å². The highest BCUT2D eigenvalue weighted by molar-refractivity contribution is 4.95. The second-order valence-corrected chi connectivity index (χ2v) is 4.78. The van der Waals surface area contributed by atoms with Crippen LogP contribution in [0.15, 0.2) is 12.5 Å². The van der Waals surface area contributed by atoms with Gasteiger partial charge in [-0.25, -0.2) is 4.98 Å². The number of hydrogen-bond acceptors (Lipinski definition) is 4. The minimum Gasteiger partial charge on any atom is -0.336 e. The van der Waals surface area contributed by atoms with E-state index in [-0.39, 0.29) is 0 Å². The Bertz CT molecular complexity index is 327. The molecule has 17 heavy (non-hydrogen) atoms. The van der Waals surface area contributed by atoms with Crippen LogP contribution in [-0.2, 0) is 13.1 Å². The van der Waals surface area contributed by atoms with E-state index < -0.39 is 0 Å². The summed E-state index contributed by atoms with van der Waals surface area (Å²) in [5, 5.41) is 3.12. The second-order valence-electron chi connectivity index (χ2n) is 4.78. The zero-order valence-corrected chi connectivity index (χ0v) is 10.9.